The van der Waals surface area contributed by atoms with Crippen LogP contribution in [0.2, 0.25) is 0 Å². The number of rotatable bonds is 4. The summed E-state index contributed by atoms with van der Waals surface area (Å²) in [6, 6.07) is 9.03. The fraction of sp³-hybridized carbons (Fsp3) is 0.529. The van der Waals surface area contributed by atoms with Crippen molar-refractivity contribution in [1.29, 1.82) is 5.26 Å². The van der Waals surface area contributed by atoms with Crippen LogP contribution in [0, 0.1) is 23.2 Å². The predicted molar refractivity (Wildman–Crippen MR) is 81.7 cm³/mol. The van der Waals surface area contributed by atoms with Gasteiger partial charge in [-0.1, -0.05) is 26.0 Å². The lowest BCUT2D eigenvalue weighted by Crippen LogP contribution is -2.30. The number of hydrogen-bond donors (Lipinski definition) is 1. The highest BCUT2D eigenvalue weighted by molar-refractivity contribution is 5.92. The van der Waals surface area contributed by atoms with E-state index in [0.29, 0.717) is 17.2 Å². The van der Waals surface area contributed by atoms with Crippen LogP contribution in [-0.2, 0) is 9.53 Å². The molecule has 3 atom stereocenters. The lowest BCUT2D eigenvalue weighted by Gasteiger charge is -2.31. The van der Waals surface area contributed by atoms with Crippen LogP contribution in [0.15, 0.2) is 24.3 Å². The maximum Gasteiger partial charge on any atom is 0.250 e. The first-order chi connectivity index (χ1) is 10.1. The molecule has 0 heterocycles. The molecule has 1 fully saturated rings. The van der Waals surface area contributed by atoms with E-state index < -0.39 is 0 Å². The lowest BCUT2D eigenvalue weighted by molar-refractivity contribution is -0.123. The average Bonchev–Trinajstić information content (AvgIpc) is 2.49. The Labute approximate surface area is 126 Å². The number of nitrogens with one attached hydrogen (secondary N) is 1. The summed E-state index contributed by atoms with van der Waals surface area (Å²) in [4.78, 5) is 11.9. The van der Waals surface area contributed by atoms with Crippen molar-refractivity contribution >= 4 is 11.6 Å². The van der Waals surface area contributed by atoms with E-state index in [-0.39, 0.29) is 18.6 Å². The van der Waals surface area contributed by atoms with Crippen LogP contribution in [0.5, 0.6) is 0 Å². The maximum atomic E-state index is 11.9. The Morgan fingerprint density at radius 1 is 1.33 bits per heavy atom. The molecule has 2 rings (SSSR count). The zero-order valence-corrected chi connectivity index (χ0v) is 12.6. The second kappa shape index (κ2) is 7.24. The molecule has 4 heteroatoms. The molecule has 0 aromatic heterocycles. The quantitative estimate of drug-likeness (QED) is 0.923. The van der Waals surface area contributed by atoms with Gasteiger partial charge >= 0.3 is 0 Å². The molecule has 0 radical (unpaired) electrons. The minimum absolute atomic E-state index is 0.0472. The van der Waals surface area contributed by atoms with Crippen LogP contribution in [-0.4, -0.2) is 18.6 Å². The number of hydrogen-bond acceptors (Lipinski definition) is 3. The van der Waals surface area contributed by atoms with Crippen LogP contribution in [0.25, 0.3) is 0 Å². The number of amides is 1. The summed E-state index contributed by atoms with van der Waals surface area (Å²) >= 11 is 0. The summed E-state index contributed by atoms with van der Waals surface area (Å²) in [5.41, 5.74) is 1.00. The van der Waals surface area contributed by atoms with Crippen molar-refractivity contribution in [3.05, 3.63) is 29.8 Å². The number of nitriles is 1. The zero-order chi connectivity index (χ0) is 15.2. The number of ether oxygens (including phenoxy) is 1. The van der Waals surface area contributed by atoms with Gasteiger partial charge in [0.1, 0.15) is 12.7 Å². The van der Waals surface area contributed by atoms with E-state index >= 15 is 0 Å². The topological polar surface area (TPSA) is 62.1 Å². The number of carbonyl (C=O) groups is 1. The Bertz CT molecular complexity index is 536. The number of nitrogens with zero attached hydrogens (tertiary/aromatic N) is 1. The average molecular weight is 286 g/mol. The van der Waals surface area contributed by atoms with Gasteiger partial charge in [0.15, 0.2) is 0 Å². The standard InChI is InChI=1S/C17H22N2O2/c1-12-7-8-15(9-13(12)2)21-11-17(20)19-16-6-4-3-5-14(16)10-18/h3-6,12-13,15H,7-9,11H2,1-2H3,(H,19,20). The van der Waals surface area contributed by atoms with Gasteiger partial charge in [-0.2, -0.15) is 5.26 Å². The molecule has 1 N–H and O–H groups in total. The Balaban J connectivity index is 1.82. The van der Waals surface area contributed by atoms with Crippen LogP contribution in [0.1, 0.15) is 38.7 Å². The largest absolute Gasteiger partial charge is 0.368 e. The van der Waals surface area contributed by atoms with Gasteiger partial charge in [0.2, 0.25) is 5.91 Å². The van der Waals surface area contributed by atoms with Crippen molar-refractivity contribution in [2.75, 3.05) is 11.9 Å². The number of anilines is 1. The molecule has 1 saturated carbocycles. The van der Waals surface area contributed by atoms with Crippen molar-refractivity contribution in [2.45, 2.75) is 39.2 Å². The van der Waals surface area contributed by atoms with Gasteiger partial charge < -0.3 is 10.1 Å². The van der Waals surface area contributed by atoms with Gasteiger partial charge in [0.25, 0.3) is 0 Å². The minimum atomic E-state index is -0.205. The summed E-state index contributed by atoms with van der Waals surface area (Å²) in [7, 11) is 0. The summed E-state index contributed by atoms with van der Waals surface area (Å²) in [6.45, 7) is 4.56. The molecular weight excluding hydrogens is 264 g/mol. The third kappa shape index (κ3) is 4.30. The van der Waals surface area contributed by atoms with E-state index in [1.807, 2.05) is 0 Å². The lowest BCUT2D eigenvalue weighted by atomic mass is 9.80. The predicted octanol–water partition coefficient (Wildman–Crippen LogP) is 3.34. The molecule has 112 valence electrons. The Hall–Kier alpha value is -1.86. The van der Waals surface area contributed by atoms with Gasteiger partial charge in [-0.15, -0.1) is 0 Å². The van der Waals surface area contributed by atoms with Crippen LogP contribution < -0.4 is 5.32 Å². The molecule has 1 aliphatic rings. The van der Waals surface area contributed by atoms with E-state index in [9.17, 15) is 4.79 Å². The summed E-state index contributed by atoms with van der Waals surface area (Å²) in [6.07, 6.45) is 3.37. The van der Waals surface area contributed by atoms with E-state index in [2.05, 4.69) is 25.2 Å². The van der Waals surface area contributed by atoms with E-state index in [1.54, 1.807) is 24.3 Å². The van der Waals surface area contributed by atoms with Crippen LogP contribution in [0.3, 0.4) is 0 Å². The molecule has 0 bridgehead atoms. The van der Waals surface area contributed by atoms with Crippen molar-refractivity contribution in [2.24, 2.45) is 11.8 Å². The summed E-state index contributed by atoms with van der Waals surface area (Å²) < 4.78 is 5.71. The van der Waals surface area contributed by atoms with Crippen molar-refractivity contribution in [1.82, 2.24) is 0 Å². The summed E-state index contributed by atoms with van der Waals surface area (Å²) in [5, 5.41) is 11.7. The van der Waals surface area contributed by atoms with E-state index in [0.717, 1.165) is 25.2 Å². The fourth-order valence-electron chi connectivity index (χ4n) is 2.72. The number of para-hydroxylation sites is 1. The Kier molecular flexibility index (Phi) is 5.35. The molecular formula is C17H22N2O2. The highest BCUT2D eigenvalue weighted by atomic mass is 16.5. The summed E-state index contributed by atoms with van der Waals surface area (Å²) in [5.74, 6) is 1.18. The van der Waals surface area contributed by atoms with Crippen molar-refractivity contribution in [3.63, 3.8) is 0 Å². The first-order valence-electron chi connectivity index (χ1n) is 7.50. The third-order valence-electron chi connectivity index (χ3n) is 4.32. The second-order valence-electron chi connectivity index (χ2n) is 5.91. The molecule has 0 saturated heterocycles. The third-order valence-corrected chi connectivity index (χ3v) is 4.32. The first-order valence-corrected chi connectivity index (χ1v) is 7.50. The van der Waals surface area contributed by atoms with Crippen LogP contribution >= 0.6 is 0 Å². The Morgan fingerprint density at radius 2 is 2.10 bits per heavy atom. The van der Waals surface area contributed by atoms with Crippen LogP contribution in [0.4, 0.5) is 5.69 Å². The fourth-order valence-corrected chi connectivity index (χ4v) is 2.72. The van der Waals surface area contributed by atoms with Gasteiger partial charge in [-0.05, 0) is 43.2 Å². The van der Waals surface area contributed by atoms with E-state index in [4.69, 9.17) is 10.00 Å². The number of benzene rings is 1. The zero-order valence-electron chi connectivity index (χ0n) is 12.6. The van der Waals surface area contributed by atoms with Gasteiger partial charge in [0, 0.05) is 0 Å². The highest BCUT2D eigenvalue weighted by Gasteiger charge is 2.25. The van der Waals surface area contributed by atoms with Gasteiger partial charge in [-0.25, -0.2) is 0 Å². The van der Waals surface area contributed by atoms with Crippen molar-refractivity contribution < 1.29 is 9.53 Å². The molecule has 1 aliphatic carbocycles. The molecule has 0 spiro atoms. The number of carbonyl (C=O) groups excluding carboxylic acids is 1. The molecule has 1 aromatic carbocycles. The Morgan fingerprint density at radius 3 is 2.81 bits per heavy atom. The van der Waals surface area contributed by atoms with E-state index in [1.165, 1.54) is 0 Å². The monoisotopic (exact) mass is 286 g/mol. The molecule has 21 heavy (non-hydrogen) atoms. The maximum absolute atomic E-state index is 11.9. The van der Waals surface area contributed by atoms with Crippen molar-refractivity contribution in [3.8, 4) is 6.07 Å². The molecule has 1 amide bonds. The SMILES string of the molecule is CC1CCC(OCC(=O)Nc2ccccc2C#N)CC1C. The van der Waals surface area contributed by atoms with Gasteiger partial charge in [0.05, 0.1) is 17.4 Å². The minimum Gasteiger partial charge on any atom is -0.368 e. The molecule has 0 aliphatic heterocycles. The molecule has 1 aromatic rings. The molecule has 4 nitrogen and oxygen atoms in total. The van der Waals surface area contributed by atoms with Gasteiger partial charge in [-0.3, -0.25) is 4.79 Å². The first kappa shape index (κ1) is 15.5. The highest BCUT2D eigenvalue weighted by Crippen LogP contribution is 2.30. The molecule has 3 unspecified atom stereocenters. The smallest absolute Gasteiger partial charge is 0.250 e. The normalized spacial score (nSPS) is 25.1. The second-order valence-corrected chi connectivity index (χ2v) is 5.91.